The van der Waals surface area contributed by atoms with Crippen LogP contribution < -0.4 is 5.32 Å². The molecule has 3 heteroatoms. The lowest BCUT2D eigenvalue weighted by Crippen LogP contribution is -2.52. The van der Waals surface area contributed by atoms with Crippen LogP contribution in [0, 0.1) is 0 Å². The van der Waals surface area contributed by atoms with Crippen LogP contribution in [0.25, 0.3) is 0 Å². The molecule has 2 atom stereocenters. The Labute approximate surface area is 54.7 Å². The van der Waals surface area contributed by atoms with E-state index in [2.05, 4.69) is 5.32 Å². The molecular formula is C6H13NO2. The third-order valence-electron chi connectivity index (χ3n) is 1.79. The van der Waals surface area contributed by atoms with Crippen LogP contribution in [0.5, 0.6) is 0 Å². The molecule has 0 aromatic carbocycles. The van der Waals surface area contributed by atoms with Crippen molar-refractivity contribution in [2.75, 3.05) is 6.54 Å². The lowest BCUT2D eigenvalue weighted by molar-refractivity contribution is -0.0976. The zero-order chi connectivity index (χ0) is 6.91. The fourth-order valence-electron chi connectivity index (χ4n) is 1.04. The van der Waals surface area contributed by atoms with Crippen molar-refractivity contribution < 1.29 is 10.2 Å². The average Bonchev–Trinajstić information content (AvgIpc) is 1.77. The van der Waals surface area contributed by atoms with Gasteiger partial charge in [-0.1, -0.05) is 0 Å². The maximum atomic E-state index is 9.33. The Balaban J connectivity index is 2.49. The SMILES string of the molecule is CC1(O)CCCNC1O. The number of piperidine rings is 1. The van der Waals surface area contributed by atoms with E-state index in [4.69, 9.17) is 5.11 Å². The van der Waals surface area contributed by atoms with E-state index >= 15 is 0 Å². The molecule has 0 saturated carbocycles. The number of aliphatic hydroxyl groups excluding tert-OH is 1. The van der Waals surface area contributed by atoms with Crippen molar-refractivity contribution in [3.05, 3.63) is 0 Å². The summed E-state index contributed by atoms with van der Waals surface area (Å²) < 4.78 is 0. The Morgan fingerprint density at radius 3 is 2.67 bits per heavy atom. The minimum absolute atomic E-state index is 0.682. The third-order valence-corrected chi connectivity index (χ3v) is 1.79. The Morgan fingerprint density at radius 1 is 1.67 bits per heavy atom. The molecule has 9 heavy (non-hydrogen) atoms. The molecule has 3 nitrogen and oxygen atoms in total. The molecule has 0 aliphatic carbocycles. The van der Waals surface area contributed by atoms with Crippen molar-refractivity contribution in [2.24, 2.45) is 0 Å². The van der Waals surface area contributed by atoms with Gasteiger partial charge in [0.15, 0.2) is 0 Å². The fourth-order valence-corrected chi connectivity index (χ4v) is 1.04. The Bertz CT molecular complexity index is 103. The molecule has 1 aliphatic heterocycles. The molecule has 54 valence electrons. The first kappa shape index (κ1) is 6.99. The first-order valence-corrected chi connectivity index (χ1v) is 3.27. The Morgan fingerprint density at radius 2 is 2.33 bits per heavy atom. The smallest absolute Gasteiger partial charge is 0.133 e. The molecular weight excluding hydrogens is 118 g/mol. The maximum absolute atomic E-state index is 9.33. The molecule has 1 saturated heterocycles. The van der Waals surface area contributed by atoms with Gasteiger partial charge in [-0.2, -0.15) is 0 Å². The standard InChI is InChI=1S/C6H13NO2/c1-6(9)3-2-4-7-5(6)8/h5,7-9H,2-4H2,1H3. The molecule has 0 spiro atoms. The zero-order valence-electron chi connectivity index (χ0n) is 5.59. The van der Waals surface area contributed by atoms with Crippen molar-refractivity contribution >= 4 is 0 Å². The van der Waals surface area contributed by atoms with Gasteiger partial charge in [0.25, 0.3) is 0 Å². The van der Waals surface area contributed by atoms with Crippen molar-refractivity contribution in [1.82, 2.24) is 5.32 Å². The minimum atomic E-state index is -0.918. The topological polar surface area (TPSA) is 52.5 Å². The van der Waals surface area contributed by atoms with Gasteiger partial charge >= 0.3 is 0 Å². The van der Waals surface area contributed by atoms with Crippen LogP contribution >= 0.6 is 0 Å². The van der Waals surface area contributed by atoms with E-state index in [9.17, 15) is 5.11 Å². The van der Waals surface area contributed by atoms with Gasteiger partial charge < -0.3 is 10.2 Å². The summed E-state index contributed by atoms with van der Waals surface area (Å²) in [6.07, 6.45) is 0.872. The first-order valence-electron chi connectivity index (χ1n) is 3.27. The summed E-state index contributed by atoms with van der Waals surface area (Å²) in [7, 11) is 0. The second-order valence-electron chi connectivity index (χ2n) is 2.82. The van der Waals surface area contributed by atoms with Crippen LogP contribution in [0.15, 0.2) is 0 Å². The summed E-state index contributed by atoms with van der Waals surface area (Å²) in [4.78, 5) is 0. The van der Waals surface area contributed by atoms with Gasteiger partial charge in [-0.15, -0.1) is 0 Å². The highest BCUT2D eigenvalue weighted by Crippen LogP contribution is 2.18. The van der Waals surface area contributed by atoms with Gasteiger partial charge in [-0.25, -0.2) is 0 Å². The summed E-state index contributed by atoms with van der Waals surface area (Å²) in [5.74, 6) is 0. The fraction of sp³-hybridized carbons (Fsp3) is 1.00. The Hall–Kier alpha value is -0.120. The van der Waals surface area contributed by atoms with Crippen molar-refractivity contribution in [1.29, 1.82) is 0 Å². The molecule has 3 N–H and O–H groups in total. The van der Waals surface area contributed by atoms with E-state index in [1.165, 1.54) is 0 Å². The highest BCUT2D eigenvalue weighted by Gasteiger charge is 2.32. The molecule has 2 unspecified atom stereocenters. The molecule has 0 aromatic heterocycles. The highest BCUT2D eigenvalue weighted by molar-refractivity contribution is 4.83. The average molecular weight is 131 g/mol. The van der Waals surface area contributed by atoms with Gasteiger partial charge in [-0.3, -0.25) is 5.32 Å². The second-order valence-corrected chi connectivity index (χ2v) is 2.82. The van der Waals surface area contributed by atoms with Crippen LogP contribution in [0.2, 0.25) is 0 Å². The quantitative estimate of drug-likeness (QED) is 0.413. The Kier molecular flexibility index (Phi) is 1.75. The minimum Gasteiger partial charge on any atom is -0.386 e. The largest absolute Gasteiger partial charge is 0.386 e. The highest BCUT2D eigenvalue weighted by atomic mass is 16.4. The van der Waals surface area contributed by atoms with E-state index in [0.29, 0.717) is 6.42 Å². The molecule has 0 amide bonds. The van der Waals surface area contributed by atoms with Crippen LogP contribution in [0.1, 0.15) is 19.8 Å². The predicted octanol–water partition coefficient (Wildman–Crippen LogP) is -0.561. The van der Waals surface area contributed by atoms with Gasteiger partial charge in [0.05, 0.1) is 0 Å². The lowest BCUT2D eigenvalue weighted by atomic mass is 9.95. The predicted molar refractivity (Wildman–Crippen MR) is 33.9 cm³/mol. The van der Waals surface area contributed by atoms with Crippen molar-refractivity contribution in [3.8, 4) is 0 Å². The van der Waals surface area contributed by atoms with Crippen LogP contribution in [-0.4, -0.2) is 28.6 Å². The molecule has 1 aliphatic rings. The van der Waals surface area contributed by atoms with Crippen LogP contribution in [0.4, 0.5) is 0 Å². The van der Waals surface area contributed by atoms with Gasteiger partial charge in [-0.05, 0) is 26.3 Å². The zero-order valence-corrected chi connectivity index (χ0v) is 5.59. The van der Waals surface area contributed by atoms with Gasteiger partial charge in [0.2, 0.25) is 0 Å². The van der Waals surface area contributed by atoms with Gasteiger partial charge in [0, 0.05) is 0 Å². The molecule has 1 heterocycles. The maximum Gasteiger partial charge on any atom is 0.133 e. The monoisotopic (exact) mass is 131 g/mol. The van der Waals surface area contributed by atoms with E-state index in [1.807, 2.05) is 0 Å². The summed E-state index contributed by atoms with van der Waals surface area (Å²) in [5, 5.41) is 21.2. The molecule has 1 fully saturated rings. The number of aliphatic hydroxyl groups is 2. The van der Waals surface area contributed by atoms with E-state index in [-0.39, 0.29) is 0 Å². The molecule has 0 radical (unpaired) electrons. The second kappa shape index (κ2) is 2.25. The number of hydrogen-bond donors (Lipinski definition) is 3. The first-order chi connectivity index (χ1) is 4.13. The summed E-state index contributed by atoms with van der Waals surface area (Å²) >= 11 is 0. The summed E-state index contributed by atoms with van der Waals surface area (Å²) in [6.45, 7) is 2.45. The number of rotatable bonds is 0. The van der Waals surface area contributed by atoms with E-state index in [0.717, 1.165) is 13.0 Å². The summed E-state index contributed by atoms with van der Waals surface area (Å²) in [5.41, 5.74) is -0.918. The normalized spacial score (nSPS) is 45.0. The van der Waals surface area contributed by atoms with E-state index < -0.39 is 11.8 Å². The molecule has 1 rings (SSSR count). The van der Waals surface area contributed by atoms with Crippen molar-refractivity contribution in [3.63, 3.8) is 0 Å². The van der Waals surface area contributed by atoms with Crippen molar-refractivity contribution in [2.45, 2.75) is 31.6 Å². The van der Waals surface area contributed by atoms with E-state index in [1.54, 1.807) is 6.92 Å². The summed E-state index contributed by atoms with van der Waals surface area (Å²) in [6, 6.07) is 0. The third kappa shape index (κ3) is 1.41. The molecule has 0 aromatic rings. The number of nitrogens with one attached hydrogen (secondary N) is 1. The van der Waals surface area contributed by atoms with Crippen LogP contribution in [0.3, 0.4) is 0 Å². The van der Waals surface area contributed by atoms with Gasteiger partial charge in [0.1, 0.15) is 11.8 Å². The molecule has 0 bridgehead atoms. The number of hydrogen-bond acceptors (Lipinski definition) is 3. The van der Waals surface area contributed by atoms with Crippen LogP contribution in [-0.2, 0) is 0 Å². The lowest BCUT2D eigenvalue weighted by Gasteiger charge is -2.33.